The Balaban J connectivity index is 1.46. The molecule has 0 aliphatic carbocycles. The molecule has 1 atom stereocenters. The third kappa shape index (κ3) is 4.99. The van der Waals surface area contributed by atoms with E-state index >= 15 is 0 Å². The van der Waals surface area contributed by atoms with Gasteiger partial charge in [-0.15, -0.1) is 0 Å². The summed E-state index contributed by atoms with van der Waals surface area (Å²) in [6.45, 7) is 3.95. The van der Waals surface area contributed by atoms with E-state index in [1.165, 1.54) is 0 Å². The number of piperidine rings is 1. The Morgan fingerprint density at radius 1 is 1.16 bits per heavy atom. The Morgan fingerprint density at radius 2 is 1.97 bits per heavy atom. The van der Waals surface area contributed by atoms with Gasteiger partial charge in [0.2, 0.25) is 5.91 Å². The zero-order chi connectivity index (χ0) is 22.3. The van der Waals surface area contributed by atoms with Gasteiger partial charge in [0.25, 0.3) is 0 Å². The van der Waals surface area contributed by atoms with Crippen LogP contribution in [0.25, 0.3) is 11.3 Å². The summed E-state index contributed by atoms with van der Waals surface area (Å²) in [5.41, 5.74) is 2.54. The third-order valence-corrected chi connectivity index (χ3v) is 5.60. The molecule has 7 heteroatoms. The highest BCUT2D eigenvalue weighted by atomic mass is 16.5. The minimum atomic E-state index is -0.127. The summed E-state index contributed by atoms with van der Waals surface area (Å²) >= 11 is 0. The van der Waals surface area contributed by atoms with Gasteiger partial charge >= 0.3 is 0 Å². The van der Waals surface area contributed by atoms with Crippen LogP contribution in [0.3, 0.4) is 0 Å². The summed E-state index contributed by atoms with van der Waals surface area (Å²) in [5.74, 6) is 2.21. The Hall–Kier alpha value is -3.61. The molecule has 0 spiro atoms. The van der Waals surface area contributed by atoms with Gasteiger partial charge in [0.15, 0.2) is 0 Å². The first-order chi connectivity index (χ1) is 15.7. The molecular weight excluding hydrogens is 404 g/mol. The minimum Gasteiger partial charge on any atom is -0.497 e. The van der Waals surface area contributed by atoms with Crippen LogP contribution in [0.5, 0.6) is 11.5 Å². The molecule has 1 unspecified atom stereocenters. The molecule has 1 amide bonds. The van der Waals surface area contributed by atoms with Crippen LogP contribution in [0.2, 0.25) is 0 Å². The summed E-state index contributed by atoms with van der Waals surface area (Å²) < 4.78 is 10.9. The van der Waals surface area contributed by atoms with Crippen LogP contribution in [-0.4, -0.2) is 42.7 Å². The Morgan fingerprint density at radius 3 is 2.75 bits per heavy atom. The topological polar surface area (TPSA) is 76.6 Å². The predicted molar refractivity (Wildman–Crippen MR) is 125 cm³/mol. The maximum atomic E-state index is 13.0. The molecule has 1 aliphatic rings. The second-order valence-corrected chi connectivity index (χ2v) is 7.69. The molecule has 7 nitrogen and oxygen atoms in total. The van der Waals surface area contributed by atoms with E-state index in [1.807, 2.05) is 61.5 Å². The second-order valence-electron chi connectivity index (χ2n) is 7.69. The number of hydrogen-bond donors (Lipinski definition) is 1. The van der Waals surface area contributed by atoms with Crippen LogP contribution < -0.4 is 19.7 Å². The maximum absolute atomic E-state index is 13.0. The van der Waals surface area contributed by atoms with Crippen molar-refractivity contribution in [1.29, 1.82) is 0 Å². The van der Waals surface area contributed by atoms with Crippen molar-refractivity contribution >= 4 is 17.4 Å². The average Bonchev–Trinajstić information content (AvgIpc) is 2.85. The molecule has 2 aromatic carbocycles. The highest BCUT2D eigenvalue weighted by molar-refractivity contribution is 5.94. The fourth-order valence-corrected chi connectivity index (χ4v) is 3.92. The summed E-state index contributed by atoms with van der Waals surface area (Å²) in [7, 11) is 1.65. The number of hydrogen-bond acceptors (Lipinski definition) is 6. The first kappa shape index (κ1) is 21.6. The molecular formula is C25H28N4O3. The van der Waals surface area contributed by atoms with Crippen molar-refractivity contribution in [3.8, 4) is 22.8 Å². The summed E-state index contributed by atoms with van der Waals surface area (Å²) in [6.07, 6.45) is 3.35. The van der Waals surface area contributed by atoms with Gasteiger partial charge in [-0.3, -0.25) is 4.79 Å². The molecule has 32 heavy (non-hydrogen) atoms. The van der Waals surface area contributed by atoms with Crippen LogP contribution in [0, 0.1) is 5.92 Å². The molecule has 1 fully saturated rings. The largest absolute Gasteiger partial charge is 0.497 e. The Bertz CT molecular complexity index is 1060. The van der Waals surface area contributed by atoms with E-state index in [0.29, 0.717) is 24.6 Å². The highest BCUT2D eigenvalue weighted by Gasteiger charge is 2.27. The van der Waals surface area contributed by atoms with Crippen LogP contribution in [0.15, 0.2) is 60.9 Å². The summed E-state index contributed by atoms with van der Waals surface area (Å²) in [5, 5.41) is 3.05. The Labute approximate surface area is 188 Å². The zero-order valence-electron chi connectivity index (χ0n) is 18.5. The monoisotopic (exact) mass is 432 g/mol. The number of benzene rings is 2. The molecule has 2 heterocycles. The number of nitrogens with zero attached hydrogens (tertiary/aromatic N) is 3. The lowest BCUT2D eigenvalue weighted by molar-refractivity contribution is -0.120. The molecule has 1 N–H and O–H groups in total. The molecule has 1 saturated heterocycles. The lowest BCUT2D eigenvalue weighted by Crippen LogP contribution is -2.41. The molecule has 1 aliphatic heterocycles. The van der Waals surface area contributed by atoms with Crippen molar-refractivity contribution in [2.45, 2.75) is 19.8 Å². The minimum absolute atomic E-state index is 0.00582. The summed E-state index contributed by atoms with van der Waals surface area (Å²) in [6, 6.07) is 17.3. The molecule has 166 valence electrons. The van der Waals surface area contributed by atoms with Gasteiger partial charge in [-0.25, -0.2) is 9.97 Å². The van der Waals surface area contributed by atoms with E-state index < -0.39 is 0 Å². The molecule has 4 rings (SSSR count). The van der Waals surface area contributed by atoms with Crippen LogP contribution >= 0.6 is 0 Å². The van der Waals surface area contributed by atoms with Crippen molar-refractivity contribution in [3.05, 3.63) is 60.9 Å². The van der Waals surface area contributed by atoms with Gasteiger partial charge in [-0.2, -0.15) is 0 Å². The standard InChI is InChI=1S/C25H28N4O3/c1-3-32-23-9-5-4-8-21(23)28-25(30)19-7-6-14-29(16-19)24-15-22(26-17-27-24)18-10-12-20(31-2)13-11-18/h4-5,8-13,15,17,19H,3,6-7,14,16H2,1-2H3,(H,28,30). The van der Waals surface area contributed by atoms with Gasteiger partial charge in [-0.05, 0) is 56.2 Å². The quantitative estimate of drug-likeness (QED) is 0.596. The average molecular weight is 433 g/mol. The fourth-order valence-electron chi connectivity index (χ4n) is 3.92. The van der Waals surface area contributed by atoms with E-state index in [-0.39, 0.29) is 11.8 Å². The normalized spacial score (nSPS) is 15.8. The number of methoxy groups -OCH3 is 1. The first-order valence-electron chi connectivity index (χ1n) is 10.9. The van der Waals surface area contributed by atoms with Gasteiger partial charge < -0.3 is 19.7 Å². The van der Waals surface area contributed by atoms with E-state index in [4.69, 9.17) is 9.47 Å². The SMILES string of the molecule is CCOc1ccccc1NC(=O)C1CCCN(c2cc(-c3ccc(OC)cc3)ncn2)C1. The number of carbonyl (C=O) groups is 1. The van der Waals surface area contributed by atoms with Crippen molar-refractivity contribution in [1.82, 2.24) is 9.97 Å². The predicted octanol–water partition coefficient (Wildman–Crippen LogP) is 4.41. The van der Waals surface area contributed by atoms with Gasteiger partial charge in [0.05, 0.1) is 31.0 Å². The van der Waals surface area contributed by atoms with Gasteiger partial charge in [-0.1, -0.05) is 12.1 Å². The zero-order valence-corrected chi connectivity index (χ0v) is 18.5. The number of aromatic nitrogens is 2. The molecule has 0 radical (unpaired) electrons. The third-order valence-electron chi connectivity index (χ3n) is 5.60. The Kier molecular flexibility index (Phi) is 6.84. The number of anilines is 2. The van der Waals surface area contributed by atoms with E-state index in [0.717, 1.165) is 42.2 Å². The molecule has 0 saturated carbocycles. The van der Waals surface area contributed by atoms with Crippen LogP contribution in [0.1, 0.15) is 19.8 Å². The van der Waals surface area contributed by atoms with Crippen molar-refractivity contribution in [3.63, 3.8) is 0 Å². The van der Waals surface area contributed by atoms with Crippen molar-refractivity contribution < 1.29 is 14.3 Å². The summed E-state index contributed by atoms with van der Waals surface area (Å²) in [4.78, 5) is 24.1. The fraction of sp³-hybridized carbons (Fsp3) is 0.320. The van der Waals surface area contributed by atoms with E-state index in [1.54, 1.807) is 13.4 Å². The van der Waals surface area contributed by atoms with Crippen LogP contribution in [0.4, 0.5) is 11.5 Å². The van der Waals surface area contributed by atoms with Crippen LogP contribution in [-0.2, 0) is 4.79 Å². The number of nitrogens with one attached hydrogen (secondary N) is 1. The number of para-hydroxylation sites is 2. The maximum Gasteiger partial charge on any atom is 0.229 e. The van der Waals surface area contributed by atoms with Gasteiger partial charge in [0, 0.05) is 24.7 Å². The lowest BCUT2D eigenvalue weighted by Gasteiger charge is -2.33. The molecule has 0 bridgehead atoms. The molecule has 3 aromatic rings. The number of amides is 1. The number of ether oxygens (including phenoxy) is 2. The number of rotatable bonds is 7. The van der Waals surface area contributed by atoms with E-state index in [9.17, 15) is 4.79 Å². The molecule has 1 aromatic heterocycles. The van der Waals surface area contributed by atoms with Crippen molar-refractivity contribution in [2.75, 3.05) is 37.0 Å². The first-order valence-corrected chi connectivity index (χ1v) is 10.9. The second kappa shape index (κ2) is 10.1. The lowest BCUT2D eigenvalue weighted by atomic mass is 9.97. The van der Waals surface area contributed by atoms with E-state index in [2.05, 4.69) is 20.2 Å². The smallest absolute Gasteiger partial charge is 0.229 e. The highest BCUT2D eigenvalue weighted by Crippen LogP contribution is 2.28. The number of carbonyl (C=O) groups excluding carboxylic acids is 1. The van der Waals surface area contributed by atoms with Gasteiger partial charge in [0.1, 0.15) is 23.6 Å². The van der Waals surface area contributed by atoms with Crippen molar-refractivity contribution in [2.24, 2.45) is 5.92 Å².